The van der Waals surface area contributed by atoms with Gasteiger partial charge < -0.3 is 5.11 Å². The van der Waals surface area contributed by atoms with Crippen LogP contribution >= 0.6 is 6.19 Å². The maximum Gasteiger partial charge on any atom is 0.0590 e. The molecule has 0 spiro atoms. The van der Waals surface area contributed by atoms with Gasteiger partial charge in [-0.3, -0.25) is 4.67 Å². The molecule has 1 N–H and O–H groups in total. The van der Waals surface area contributed by atoms with E-state index >= 15 is 0 Å². The molecule has 2 nitrogen and oxygen atoms in total. The molecule has 1 aromatic rings. The first kappa shape index (κ1) is 12.3. The Bertz CT molecular complexity index is 395. The van der Waals surface area contributed by atoms with Crippen molar-refractivity contribution in [3.05, 3.63) is 30.3 Å². The Labute approximate surface area is 102 Å². The minimum atomic E-state index is -1.66. The molecule has 1 aromatic carbocycles. The molecule has 1 aliphatic heterocycles. The van der Waals surface area contributed by atoms with E-state index in [0.29, 0.717) is 0 Å². The first-order chi connectivity index (χ1) is 7.66. The largest absolute Gasteiger partial charge is 0.395 e. The van der Waals surface area contributed by atoms with Gasteiger partial charge in [-0.2, -0.15) is 0 Å². The van der Waals surface area contributed by atoms with Crippen molar-refractivity contribution in [3.63, 3.8) is 0 Å². The number of aliphatic hydroxyl groups is 1. The minimum Gasteiger partial charge on any atom is -0.395 e. The zero-order chi connectivity index (χ0) is 11.6. The summed E-state index contributed by atoms with van der Waals surface area (Å²) >= 11 is 5.84. The number of benzene rings is 1. The molecule has 4 heteroatoms. The van der Waals surface area contributed by atoms with E-state index in [0.717, 1.165) is 19.4 Å². The summed E-state index contributed by atoms with van der Waals surface area (Å²) in [6.45, 7) is 3.44. The smallest absolute Gasteiger partial charge is 0.0590 e. The number of hydrogen-bond acceptors (Lipinski definition) is 2. The Kier molecular flexibility index (Phi) is 3.81. The Balaban J connectivity index is 2.28. The van der Waals surface area contributed by atoms with Crippen molar-refractivity contribution in [1.82, 2.24) is 4.67 Å². The zero-order valence-electron chi connectivity index (χ0n) is 9.54. The number of rotatable bonds is 3. The van der Waals surface area contributed by atoms with E-state index in [1.165, 1.54) is 5.30 Å². The van der Waals surface area contributed by atoms with Crippen molar-refractivity contribution < 1.29 is 5.11 Å². The molecule has 0 radical (unpaired) electrons. The molecule has 0 amide bonds. The SMILES string of the molecule is CP(=S)(c1ccccc1)N1CCCC1CO. The first-order valence-electron chi connectivity index (χ1n) is 5.67. The fourth-order valence-corrected chi connectivity index (χ4v) is 5.73. The summed E-state index contributed by atoms with van der Waals surface area (Å²) in [4.78, 5) is 0. The Morgan fingerprint density at radius 1 is 1.44 bits per heavy atom. The van der Waals surface area contributed by atoms with Crippen molar-refractivity contribution in [2.45, 2.75) is 18.9 Å². The molecule has 1 aliphatic rings. The van der Waals surface area contributed by atoms with Gasteiger partial charge in [0.2, 0.25) is 0 Å². The normalized spacial score (nSPS) is 25.5. The van der Waals surface area contributed by atoms with Crippen molar-refractivity contribution in [3.8, 4) is 0 Å². The maximum atomic E-state index is 9.38. The molecule has 16 heavy (non-hydrogen) atoms. The Hall–Kier alpha value is -0.210. The monoisotopic (exact) mass is 255 g/mol. The summed E-state index contributed by atoms with van der Waals surface area (Å²) in [7, 11) is 0. The van der Waals surface area contributed by atoms with Gasteiger partial charge in [0.15, 0.2) is 0 Å². The van der Waals surface area contributed by atoms with E-state index in [2.05, 4.69) is 23.5 Å². The highest BCUT2D eigenvalue weighted by Gasteiger charge is 2.32. The van der Waals surface area contributed by atoms with Gasteiger partial charge in [0.05, 0.1) is 6.61 Å². The minimum absolute atomic E-state index is 0.235. The van der Waals surface area contributed by atoms with Crippen molar-refractivity contribution >= 4 is 23.3 Å². The third kappa shape index (κ3) is 2.23. The molecule has 88 valence electrons. The molecule has 1 heterocycles. The lowest BCUT2D eigenvalue weighted by Gasteiger charge is -2.33. The van der Waals surface area contributed by atoms with Crippen LogP contribution in [-0.2, 0) is 11.8 Å². The fraction of sp³-hybridized carbons (Fsp3) is 0.500. The second-order valence-electron chi connectivity index (χ2n) is 4.36. The predicted molar refractivity (Wildman–Crippen MR) is 73.1 cm³/mol. The van der Waals surface area contributed by atoms with Crippen molar-refractivity contribution in [2.75, 3.05) is 19.8 Å². The van der Waals surface area contributed by atoms with E-state index < -0.39 is 6.19 Å². The summed E-state index contributed by atoms with van der Waals surface area (Å²) in [6.07, 6.45) is 0.577. The highest BCUT2D eigenvalue weighted by Crippen LogP contribution is 2.49. The van der Waals surface area contributed by atoms with Crippen LogP contribution in [-0.4, -0.2) is 35.6 Å². The maximum absolute atomic E-state index is 9.38. The second-order valence-corrected chi connectivity index (χ2v) is 9.28. The lowest BCUT2D eigenvalue weighted by Crippen LogP contribution is -2.32. The van der Waals surface area contributed by atoms with Crippen molar-refractivity contribution in [2.24, 2.45) is 0 Å². The molecule has 1 saturated heterocycles. The van der Waals surface area contributed by atoms with Gasteiger partial charge in [-0.05, 0) is 24.8 Å². The summed E-state index contributed by atoms with van der Waals surface area (Å²) < 4.78 is 2.36. The quantitative estimate of drug-likeness (QED) is 0.833. The topological polar surface area (TPSA) is 23.5 Å². The van der Waals surface area contributed by atoms with E-state index in [9.17, 15) is 5.11 Å². The van der Waals surface area contributed by atoms with Gasteiger partial charge in [0.1, 0.15) is 0 Å². The summed E-state index contributed by atoms with van der Waals surface area (Å²) in [6, 6.07) is 10.6. The molecule has 0 bridgehead atoms. The summed E-state index contributed by atoms with van der Waals surface area (Å²) in [5.41, 5.74) is 0. The standard InChI is InChI=1S/C12H18NOPS/c1-15(16,12-7-3-2-4-8-12)13-9-5-6-11(13)10-14/h2-4,7-8,11,14H,5-6,9-10H2,1H3. The van der Waals surface area contributed by atoms with Crippen molar-refractivity contribution in [1.29, 1.82) is 0 Å². The molecule has 2 unspecified atom stereocenters. The first-order valence-corrected chi connectivity index (χ1v) is 8.87. The Morgan fingerprint density at radius 3 is 2.75 bits per heavy atom. The number of nitrogens with zero attached hydrogens (tertiary/aromatic N) is 1. The summed E-state index contributed by atoms with van der Waals surface area (Å²) in [5.74, 6) is 0. The third-order valence-corrected chi connectivity index (χ3v) is 7.31. The van der Waals surface area contributed by atoms with Crippen LogP contribution < -0.4 is 5.30 Å². The third-order valence-electron chi connectivity index (χ3n) is 3.28. The van der Waals surface area contributed by atoms with E-state index in [1.807, 2.05) is 18.2 Å². The van der Waals surface area contributed by atoms with E-state index in [-0.39, 0.29) is 12.6 Å². The van der Waals surface area contributed by atoms with Crippen LogP contribution in [0.5, 0.6) is 0 Å². The average molecular weight is 255 g/mol. The second kappa shape index (κ2) is 4.97. The average Bonchev–Trinajstić information content (AvgIpc) is 2.79. The van der Waals surface area contributed by atoms with Crippen LogP contribution in [0, 0.1) is 0 Å². The highest BCUT2D eigenvalue weighted by molar-refractivity contribution is 8.16. The Morgan fingerprint density at radius 2 is 2.12 bits per heavy atom. The van der Waals surface area contributed by atoms with Gasteiger partial charge in [0, 0.05) is 18.8 Å². The lowest BCUT2D eigenvalue weighted by atomic mass is 10.2. The molecular weight excluding hydrogens is 237 g/mol. The van der Waals surface area contributed by atoms with Crippen LogP contribution in [0.3, 0.4) is 0 Å². The molecule has 2 rings (SSSR count). The van der Waals surface area contributed by atoms with E-state index in [4.69, 9.17) is 11.8 Å². The van der Waals surface area contributed by atoms with Crippen LogP contribution in [0.15, 0.2) is 30.3 Å². The lowest BCUT2D eigenvalue weighted by molar-refractivity contribution is 0.218. The van der Waals surface area contributed by atoms with E-state index in [1.54, 1.807) is 0 Å². The molecular formula is C12H18NOPS. The molecule has 1 fully saturated rings. The molecule has 0 aliphatic carbocycles. The number of hydrogen-bond donors (Lipinski definition) is 1. The summed E-state index contributed by atoms with van der Waals surface area (Å²) in [5, 5.41) is 10.6. The molecule has 2 atom stereocenters. The van der Waals surface area contributed by atoms with Crippen LogP contribution in [0.2, 0.25) is 0 Å². The zero-order valence-corrected chi connectivity index (χ0v) is 11.3. The molecule has 0 saturated carbocycles. The fourth-order valence-electron chi connectivity index (χ4n) is 2.36. The predicted octanol–water partition coefficient (Wildman–Crippen LogP) is 1.79. The van der Waals surface area contributed by atoms with Gasteiger partial charge in [-0.15, -0.1) is 0 Å². The van der Waals surface area contributed by atoms with Gasteiger partial charge in [-0.1, -0.05) is 42.1 Å². The van der Waals surface area contributed by atoms with Gasteiger partial charge >= 0.3 is 0 Å². The number of aliphatic hydroxyl groups excluding tert-OH is 1. The van der Waals surface area contributed by atoms with Crippen LogP contribution in [0.1, 0.15) is 12.8 Å². The highest BCUT2D eigenvalue weighted by atomic mass is 32.4. The van der Waals surface area contributed by atoms with Crippen LogP contribution in [0.4, 0.5) is 0 Å². The van der Waals surface area contributed by atoms with Crippen LogP contribution in [0.25, 0.3) is 0 Å². The molecule has 0 aromatic heterocycles. The van der Waals surface area contributed by atoms with Gasteiger partial charge in [-0.25, -0.2) is 0 Å². The van der Waals surface area contributed by atoms with Gasteiger partial charge in [0.25, 0.3) is 0 Å².